The first-order valence-electron chi connectivity index (χ1n) is 7.69. The number of rotatable bonds is 6. The van der Waals surface area contributed by atoms with E-state index in [9.17, 15) is 19.2 Å². The zero-order valence-electron chi connectivity index (χ0n) is 14.5. The van der Waals surface area contributed by atoms with Gasteiger partial charge in [0.15, 0.2) is 0 Å². The third-order valence-corrected chi connectivity index (χ3v) is 2.61. The van der Waals surface area contributed by atoms with Crippen LogP contribution in [0.25, 0.3) is 0 Å². The van der Waals surface area contributed by atoms with E-state index in [1.807, 2.05) is 30.3 Å². The van der Waals surface area contributed by atoms with Crippen LogP contribution in [0.5, 0.6) is 0 Å². The zero-order valence-corrected chi connectivity index (χ0v) is 14.5. The average Bonchev–Trinajstić information content (AvgIpc) is 2.53. The molecule has 1 rings (SSSR count). The Hall–Kier alpha value is -2.50. The number of carbonyl (C=O) groups is 4. The van der Waals surface area contributed by atoms with Crippen molar-refractivity contribution in [2.75, 3.05) is 0 Å². The minimum atomic E-state index is -0.471. The van der Waals surface area contributed by atoms with E-state index in [4.69, 9.17) is 4.74 Å². The Morgan fingerprint density at radius 3 is 2.04 bits per heavy atom. The molecule has 1 aromatic carbocycles. The van der Waals surface area contributed by atoms with Crippen molar-refractivity contribution in [2.45, 2.75) is 47.1 Å². The molecule has 0 aliphatic rings. The molecule has 0 saturated carbocycles. The molecule has 0 atom stereocenters. The maximum Gasteiger partial charge on any atom is 0.316 e. The van der Waals surface area contributed by atoms with Crippen molar-refractivity contribution in [3.8, 4) is 0 Å². The number of hydrogen-bond acceptors (Lipinski definition) is 6. The van der Waals surface area contributed by atoms with Gasteiger partial charge < -0.3 is 9.47 Å². The summed E-state index contributed by atoms with van der Waals surface area (Å²) >= 11 is 0. The van der Waals surface area contributed by atoms with Gasteiger partial charge in [-0.3, -0.25) is 19.2 Å². The minimum Gasteiger partial charge on any atom is -0.460 e. The standard InChI is InChI=1S/C11H12O3.C7H12O3/c1-9(12)7-11(13)14-8-10-5-3-2-4-6-10;1-4-6(8)10-7(9)5(2)3/h2-6H,7-8H2,1H3;5H,4H2,1-3H3. The summed E-state index contributed by atoms with van der Waals surface area (Å²) in [7, 11) is 0. The number of benzene rings is 1. The van der Waals surface area contributed by atoms with Crippen LogP contribution < -0.4 is 0 Å². The Labute approximate surface area is 142 Å². The first-order valence-corrected chi connectivity index (χ1v) is 7.69. The molecule has 1 aromatic rings. The van der Waals surface area contributed by atoms with E-state index in [0.29, 0.717) is 0 Å². The summed E-state index contributed by atoms with van der Waals surface area (Å²) in [5.74, 6) is -1.79. The summed E-state index contributed by atoms with van der Waals surface area (Å²) in [6.45, 7) is 6.61. The Morgan fingerprint density at radius 2 is 1.58 bits per heavy atom. The van der Waals surface area contributed by atoms with Crippen LogP contribution in [0.15, 0.2) is 30.3 Å². The third-order valence-electron chi connectivity index (χ3n) is 2.61. The number of ether oxygens (including phenoxy) is 2. The van der Waals surface area contributed by atoms with Gasteiger partial charge in [0.05, 0.1) is 5.92 Å². The second-order valence-electron chi connectivity index (χ2n) is 5.33. The van der Waals surface area contributed by atoms with E-state index in [-0.39, 0.29) is 31.1 Å². The smallest absolute Gasteiger partial charge is 0.316 e. The number of Topliss-reactive ketones (excluding diaryl/α,β-unsaturated/α-hetero) is 1. The summed E-state index contributed by atoms with van der Waals surface area (Å²) in [6.07, 6.45) is 0.102. The van der Waals surface area contributed by atoms with Gasteiger partial charge in [-0.25, -0.2) is 0 Å². The van der Waals surface area contributed by atoms with Gasteiger partial charge >= 0.3 is 17.9 Å². The van der Waals surface area contributed by atoms with Gasteiger partial charge in [-0.2, -0.15) is 0 Å². The van der Waals surface area contributed by atoms with Crippen molar-refractivity contribution >= 4 is 23.7 Å². The van der Waals surface area contributed by atoms with Gasteiger partial charge in [-0.1, -0.05) is 51.1 Å². The van der Waals surface area contributed by atoms with Crippen LogP contribution >= 0.6 is 0 Å². The van der Waals surface area contributed by atoms with E-state index in [0.717, 1.165) is 5.56 Å². The molecule has 0 amide bonds. The Bertz CT molecular complexity index is 548. The highest BCUT2D eigenvalue weighted by Gasteiger charge is 2.11. The highest BCUT2D eigenvalue weighted by Crippen LogP contribution is 2.01. The zero-order chi connectivity index (χ0) is 18.5. The molecule has 0 aromatic heterocycles. The highest BCUT2D eigenvalue weighted by atomic mass is 16.6. The fourth-order valence-electron chi connectivity index (χ4n) is 1.29. The van der Waals surface area contributed by atoms with Crippen LogP contribution in [0.2, 0.25) is 0 Å². The van der Waals surface area contributed by atoms with Crippen LogP contribution in [0.1, 0.15) is 46.1 Å². The fraction of sp³-hybridized carbons (Fsp3) is 0.444. The predicted octanol–water partition coefficient (Wildman–Crippen LogP) is 2.83. The van der Waals surface area contributed by atoms with Crippen molar-refractivity contribution in [2.24, 2.45) is 5.92 Å². The molecular formula is C18H24O6. The maximum absolute atomic E-state index is 11.0. The van der Waals surface area contributed by atoms with Crippen LogP contribution in [0, 0.1) is 5.92 Å². The summed E-state index contributed by atoms with van der Waals surface area (Å²) in [5, 5.41) is 0. The van der Waals surface area contributed by atoms with E-state index < -0.39 is 17.9 Å². The van der Waals surface area contributed by atoms with Crippen molar-refractivity contribution in [1.82, 2.24) is 0 Å². The van der Waals surface area contributed by atoms with Gasteiger partial charge in [0.25, 0.3) is 0 Å². The minimum absolute atomic E-state index is 0.146. The second-order valence-corrected chi connectivity index (χ2v) is 5.33. The van der Waals surface area contributed by atoms with Crippen molar-refractivity contribution < 1.29 is 28.7 Å². The Kier molecular flexibility index (Phi) is 10.7. The molecule has 0 saturated heterocycles. The van der Waals surface area contributed by atoms with Crippen molar-refractivity contribution in [3.05, 3.63) is 35.9 Å². The lowest BCUT2D eigenvalue weighted by Crippen LogP contribution is -2.16. The van der Waals surface area contributed by atoms with E-state index in [1.54, 1.807) is 20.8 Å². The van der Waals surface area contributed by atoms with Gasteiger partial charge in [0.1, 0.15) is 18.8 Å². The largest absolute Gasteiger partial charge is 0.460 e. The Morgan fingerprint density at radius 1 is 1.00 bits per heavy atom. The summed E-state index contributed by atoms with van der Waals surface area (Å²) in [5.41, 5.74) is 0.921. The van der Waals surface area contributed by atoms with Gasteiger partial charge in [-0.05, 0) is 12.5 Å². The molecular weight excluding hydrogens is 312 g/mol. The quantitative estimate of drug-likeness (QED) is 0.586. The fourth-order valence-corrected chi connectivity index (χ4v) is 1.29. The number of ketones is 1. The lowest BCUT2D eigenvalue weighted by molar-refractivity contribution is -0.161. The van der Waals surface area contributed by atoms with Crippen LogP contribution in [-0.4, -0.2) is 23.7 Å². The number of carbonyl (C=O) groups excluding carboxylic acids is 4. The third kappa shape index (κ3) is 11.1. The molecule has 6 heteroatoms. The van der Waals surface area contributed by atoms with Crippen LogP contribution in [0.4, 0.5) is 0 Å². The predicted molar refractivity (Wildman–Crippen MR) is 87.8 cm³/mol. The molecule has 0 fully saturated rings. The van der Waals surface area contributed by atoms with Gasteiger partial charge in [0.2, 0.25) is 0 Å². The normalized spacial score (nSPS) is 9.54. The molecule has 132 valence electrons. The lowest BCUT2D eigenvalue weighted by atomic mass is 10.2. The maximum atomic E-state index is 11.0. The lowest BCUT2D eigenvalue weighted by Gasteiger charge is -2.02. The van der Waals surface area contributed by atoms with Crippen LogP contribution in [0.3, 0.4) is 0 Å². The molecule has 0 radical (unpaired) electrons. The second kappa shape index (κ2) is 12.0. The van der Waals surface area contributed by atoms with Crippen molar-refractivity contribution in [3.63, 3.8) is 0 Å². The number of esters is 3. The SMILES string of the molecule is CC(=O)CC(=O)OCc1ccccc1.CCC(=O)OC(=O)C(C)C. The monoisotopic (exact) mass is 336 g/mol. The molecule has 0 aliphatic carbocycles. The number of hydrogen-bond donors (Lipinski definition) is 0. The van der Waals surface area contributed by atoms with Crippen LogP contribution in [-0.2, 0) is 35.3 Å². The van der Waals surface area contributed by atoms with E-state index >= 15 is 0 Å². The molecule has 0 bridgehead atoms. The van der Waals surface area contributed by atoms with Gasteiger partial charge in [0, 0.05) is 6.42 Å². The summed E-state index contributed by atoms with van der Waals surface area (Å²) in [6, 6.07) is 9.35. The van der Waals surface area contributed by atoms with Crippen molar-refractivity contribution in [1.29, 1.82) is 0 Å². The molecule has 0 aliphatic heterocycles. The topological polar surface area (TPSA) is 86.7 Å². The van der Waals surface area contributed by atoms with E-state index in [2.05, 4.69) is 4.74 Å². The molecule has 6 nitrogen and oxygen atoms in total. The van der Waals surface area contributed by atoms with Gasteiger partial charge in [-0.15, -0.1) is 0 Å². The average molecular weight is 336 g/mol. The molecule has 0 unspecified atom stereocenters. The van der Waals surface area contributed by atoms with E-state index in [1.165, 1.54) is 6.92 Å². The molecule has 0 heterocycles. The summed E-state index contributed by atoms with van der Waals surface area (Å²) in [4.78, 5) is 42.7. The molecule has 0 spiro atoms. The first kappa shape index (κ1) is 21.5. The highest BCUT2D eigenvalue weighted by molar-refractivity contribution is 5.94. The molecule has 24 heavy (non-hydrogen) atoms. The Balaban J connectivity index is 0.000000470. The summed E-state index contributed by atoms with van der Waals surface area (Å²) < 4.78 is 9.26. The first-order chi connectivity index (χ1) is 11.3. The molecule has 0 N–H and O–H groups in total.